The summed E-state index contributed by atoms with van der Waals surface area (Å²) in [6.45, 7) is 0.975. The van der Waals surface area contributed by atoms with Crippen LogP contribution in [0.4, 0.5) is 0 Å². The van der Waals surface area contributed by atoms with Gasteiger partial charge >= 0.3 is 5.97 Å². The predicted octanol–water partition coefficient (Wildman–Crippen LogP) is 3.13. The zero-order chi connectivity index (χ0) is 22.5. The minimum absolute atomic E-state index is 0.0111. The van der Waals surface area contributed by atoms with Gasteiger partial charge in [0.2, 0.25) is 0 Å². The number of carboxylic acid groups (broad SMARTS) is 1. The summed E-state index contributed by atoms with van der Waals surface area (Å²) in [4.78, 5) is 33.9. The van der Waals surface area contributed by atoms with Crippen molar-refractivity contribution in [1.29, 1.82) is 0 Å². The fraction of sp³-hybridized carbons (Fsp3) is 0.375. The second kappa shape index (κ2) is 9.72. The lowest BCUT2D eigenvalue weighted by Crippen LogP contribution is -2.46. The van der Waals surface area contributed by atoms with Gasteiger partial charge in [-0.3, -0.25) is 9.59 Å². The van der Waals surface area contributed by atoms with Crippen molar-refractivity contribution in [2.75, 3.05) is 26.8 Å². The summed E-state index contributed by atoms with van der Waals surface area (Å²) < 4.78 is 10.9. The molecule has 32 heavy (non-hydrogen) atoms. The van der Waals surface area contributed by atoms with Crippen LogP contribution in [0.5, 0.6) is 11.5 Å². The number of hydrogen-bond donors (Lipinski definition) is 2. The van der Waals surface area contributed by atoms with Gasteiger partial charge in [-0.15, -0.1) is 0 Å². The number of amides is 1. The summed E-state index contributed by atoms with van der Waals surface area (Å²) in [5.74, 6) is 1.23. The molecule has 0 bridgehead atoms. The Labute approximate surface area is 186 Å². The first-order valence-corrected chi connectivity index (χ1v) is 10.7. The number of nitrogens with one attached hydrogen (secondary N) is 1. The number of rotatable bonds is 8. The summed E-state index contributed by atoms with van der Waals surface area (Å²) in [7, 11) is 1.62. The topological polar surface area (TPSA) is 105 Å². The van der Waals surface area contributed by atoms with E-state index in [0.29, 0.717) is 31.7 Å². The molecule has 2 N–H and O–H groups in total. The zero-order valence-electron chi connectivity index (χ0n) is 18.0. The Kier molecular flexibility index (Phi) is 6.58. The van der Waals surface area contributed by atoms with Crippen LogP contribution in [0.15, 0.2) is 48.5 Å². The molecule has 168 valence electrons. The molecular weight excluding hydrogens is 410 g/mol. The van der Waals surface area contributed by atoms with Gasteiger partial charge in [0, 0.05) is 32.0 Å². The van der Waals surface area contributed by atoms with Crippen LogP contribution in [-0.2, 0) is 16.0 Å². The second-order valence-corrected chi connectivity index (χ2v) is 8.12. The number of likely N-dealkylation sites (tertiary alicyclic amines) is 1. The normalized spacial score (nSPS) is 18.5. The van der Waals surface area contributed by atoms with Gasteiger partial charge in [-0.25, -0.2) is 4.98 Å². The van der Waals surface area contributed by atoms with E-state index in [9.17, 15) is 14.7 Å². The van der Waals surface area contributed by atoms with E-state index in [1.54, 1.807) is 12.0 Å². The van der Waals surface area contributed by atoms with E-state index in [-0.39, 0.29) is 30.8 Å². The number of piperidine rings is 1. The maximum atomic E-state index is 12.8. The Bertz CT molecular complexity index is 1080. The van der Waals surface area contributed by atoms with Gasteiger partial charge in [0.25, 0.3) is 5.91 Å². The number of methoxy groups -OCH3 is 1. The van der Waals surface area contributed by atoms with E-state index in [0.717, 1.165) is 22.6 Å². The van der Waals surface area contributed by atoms with Gasteiger partial charge in [-0.1, -0.05) is 18.2 Å². The summed E-state index contributed by atoms with van der Waals surface area (Å²) in [6, 6.07) is 14.9. The first-order chi connectivity index (χ1) is 15.5. The van der Waals surface area contributed by atoms with E-state index in [1.807, 2.05) is 48.5 Å². The first kappa shape index (κ1) is 21.7. The van der Waals surface area contributed by atoms with Gasteiger partial charge in [-0.2, -0.15) is 0 Å². The standard InChI is InChI=1S/C24H27N3O5/c1-31-19-7-8-20-21(13-19)26-22(25-20)11-17-14-27(10-9-16(17)12-24(29)30)23(28)15-32-18-5-3-2-4-6-18/h2-8,13,16-17H,9-12,14-15H2,1H3,(H,25,26)(H,29,30). The lowest BCUT2D eigenvalue weighted by atomic mass is 9.81. The number of para-hydroxylation sites is 1. The molecule has 0 aliphatic carbocycles. The Hall–Kier alpha value is -3.55. The highest BCUT2D eigenvalue weighted by molar-refractivity contribution is 5.78. The molecule has 8 nitrogen and oxygen atoms in total. The number of hydrogen-bond acceptors (Lipinski definition) is 5. The average molecular weight is 437 g/mol. The van der Waals surface area contributed by atoms with Crippen molar-refractivity contribution in [3.8, 4) is 11.5 Å². The maximum Gasteiger partial charge on any atom is 0.303 e. The summed E-state index contributed by atoms with van der Waals surface area (Å²) >= 11 is 0. The van der Waals surface area contributed by atoms with E-state index in [4.69, 9.17) is 9.47 Å². The number of fused-ring (bicyclic) bond motifs is 1. The minimum Gasteiger partial charge on any atom is -0.497 e. The number of carbonyl (C=O) groups excluding carboxylic acids is 1. The number of carbonyl (C=O) groups is 2. The van der Waals surface area contributed by atoms with Crippen molar-refractivity contribution in [2.45, 2.75) is 19.3 Å². The second-order valence-electron chi connectivity index (χ2n) is 8.12. The van der Waals surface area contributed by atoms with Gasteiger partial charge in [0.05, 0.1) is 18.1 Å². The largest absolute Gasteiger partial charge is 0.497 e. The van der Waals surface area contributed by atoms with Gasteiger partial charge in [0.1, 0.15) is 17.3 Å². The van der Waals surface area contributed by atoms with Crippen LogP contribution in [0, 0.1) is 11.8 Å². The Morgan fingerprint density at radius 1 is 1.16 bits per heavy atom. The van der Waals surface area contributed by atoms with Crippen LogP contribution >= 0.6 is 0 Å². The molecule has 2 heterocycles. The van der Waals surface area contributed by atoms with Crippen LogP contribution in [0.1, 0.15) is 18.7 Å². The lowest BCUT2D eigenvalue weighted by Gasteiger charge is -2.38. The van der Waals surface area contributed by atoms with Gasteiger partial charge in [-0.05, 0) is 42.5 Å². The molecule has 0 spiro atoms. The molecule has 0 saturated carbocycles. The molecule has 8 heteroatoms. The number of imidazole rings is 1. The number of ether oxygens (including phenoxy) is 2. The summed E-state index contributed by atoms with van der Waals surface area (Å²) in [5.41, 5.74) is 1.70. The van der Waals surface area contributed by atoms with Crippen molar-refractivity contribution < 1.29 is 24.2 Å². The molecule has 1 aromatic heterocycles. The highest BCUT2D eigenvalue weighted by Gasteiger charge is 2.33. The fourth-order valence-electron chi connectivity index (χ4n) is 4.30. The van der Waals surface area contributed by atoms with E-state index < -0.39 is 5.97 Å². The fourth-order valence-corrected chi connectivity index (χ4v) is 4.30. The quantitative estimate of drug-likeness (QED) is 0.561. The molecule has 0 radical (unpaired) electrons. The number of aromatic nitrogens is 2. The van der Waals surface area contributed by atoms with Gasteiger partial charge < -0.3 is 24.5 Å². The highest BCUT2D eigenvalue weighted by atomic mass is 16.5. The third-order valence-electron chi connectivity index (χ3n) is 5.98. The molecule has 1 saturated heterocycles. The van der Waals surface area contributed by atoms with E-state index >= 15 is 0 Å². The predicted molar refractivity (Wildman–Crippen MR) is 119 cm³/mol. The van der Waals surface area contributed by atoms with E-state index in [2.05, 4.69) is 9.97 Å². The number of benzene rings is 2. The molecule has 3 aromatic rings. The molecule has 2 aromatic carbocycles. The van der Waals surface area contributed by atoms with Crippen LogP contribution in [0.25, 0.3) is 11.0 Å². The van der Waals surface area contributed by atoms with Crippen LogP contribution < -0.4 is 9.47 Å². The minimum atomic E-state index is -0.818. The number of H-pyrrole nitrogens is 1. The monoisotopic (exact) mass is 437 g/mol. The van der Waals surface area contributed by atoms with Crippen molar-refractivity contribution in [1.82, 2.24) is 14.9 Å². The molecule has 1 aliphatic heterocycles. The summed E-state index contributed by atoms with van der Waals surface area (Å²) in [5, 5.41) is 9.37. The number of carboxylic acids is 1. The zero-order valence-corrected chi connectivity index (χ0v) is 18.0. The Balaban J connectivity index is 1.45. The third-order valence-corrected chi connectivity index (χ3v) is 5.98. The molecule has 2 unspecified atom stereocenters. The van der Waals surface area contributed by atoms with Crippen LogP contribution in [-0.4, -0.2) is 58.7 Å². The number of aliphatic carboxylic acids is 1. The summed E-state index contributed by atoms with van der Waals surface area (Å²) in [6.07, 6.45) is 1.29. The van der Waals surface area contributed by atoms with Crippen molar-refractivity contribution in [2.24, 2.45) is 11.8 Å². The van der Waals surface area contributed by atoms with Crippen molar-refractivity contribution in [3.63, 3.8) is 0 Å². The third kappa shape index (κ3) is 5.19. The van der Waals surface area contributed by atoms with Gasteiger partial charge in [0.15, 0.2) is 6.61 Å². The molecule has 4 rings (SSSR count). The van der Waals surface area contributed by atoms with Crippen LogP contribution in [0.2, 0.25) is 0 Å². The first-order valence-electron chi connectivity index (χ1n) is 10.7. The number of nitrogens with zero attached hydrogens (tertiary/aromatic N) is 2. The lowest BCUT2D eigenvalue weighted by molar-refractivity contribution is -0.140. The molecule has 2 atom stereocenters. The smallest absolute Gasteiger partial charge is 0.303 e. The Morgan fingerprint density at radius 2 is 1.97 bits per heavy atom. The molecule has 1 amide bonds. The SMILES string of the molecule is COc1ccc2nc(CC3CN(C(=O)COc4ccccc4)CCC3CC(=O)O)[nH]c2c1. The molecular formula is C24H27N3O5. The Morgan fingerprint density at radius 3 is 2.72 bits per heavy atom. The molecule has 1 fully saturated rings. The average Bonchev–Trinajstić information content (AvgIpc) is 3.20. The molecule has 1 aliphatic rings. The van der Waals surface area contributed by atoms with Crippen molar-refractivity contribution >= 4 is 22.9 Å². The maximum absolute atomic E-state index is 12.8. The van der Waals surface area contributed by atoms with Crippen LogP contribution in [0.3, 0.4) is 0 Å². The van der Waals surface area contributed by atoms with Crippen molar-refractivity contribution in [3.05, 3.63) is 54.4 Å². The number of aromatic amines is 1. The highest BCUT2D eigenvalue weighted by Crippen LogP contribution is 2.30. The van der Waals surface area contributed by atoms with E-state index in [1.165, 1.54) is 0 Å².